The van der Waals surface area contributed by atoms with Gasteiger partial charge in [0.15, 0.2) is 0 Å². The van der Waals surface area contributed by atoms with E-state index >= 15 is 0 Å². The highest BCUT2D eigenvalue weighted by Crippen LogP contribution is 2.45. The first-order chi connectivity index (χ1) is 14.9. The lowest BCUT2D eigenvalue weighted by atomic mass is 9.95. The van der Waals surface area contributed by atoms with E-state index in [1.807, 2.05) is 0 Å². The predicted molar refractivity (Wildman–Crippen MR) is 117 cm³/mol. The zero-order valence-electron chi connectivity index (χ0n) is 16.4. The lowest BCUT2D eigenvalue weighted by molar-refractivity contribution is -0.132. The van der Waals surface area contributed by atoms with Crippen molar-refractivity contribution in [2.45, 2.75) is 6.04 Å². The molecule has 31 heavy (non-hydrogen) atoms. The van der Waals surface area contributed by atoms with Gasteiger partial charge in [-0.05, 0) is 54.1 Å². The number of ketones is 1. The number of rotatable bonds is 4. The molecule has 4 rings (SSSR count). The van der Waals surface area contributed by atoms with Crippen LogP contribution in [-0.4, -0.2) is 29.0 Å². The van der Waals surface area contributed by atoms with E-state index in [-0.39, 0.29) is 22.8 Å². The van der Waals surface area contributed by atoms with Crippen LogP contribution in [0.1, 0.15) is 17.2 Å². The monoisotopic (exact) mass is 435 g/mol. The third kappa shape index (κ3) is 3.62. The van der Waals surface area contributed by atoms with Crippen molar-refractivity contribution in [2.75, 3.05) is 12.0 Å². The molecule has 1 amide bonds. The Morgan fingerprint density at radius 2 is 1.71 bits per heavy atom. The fraction of sp³-hybridized carbons (Fsp3) is 0.0833. The summed E-state index contributed by atoms with van der Waals surface area (Å²) in [5.74, 6) is -1.69. The van der Waals surface area contributed by atoms with Crippen LogP contribution in [0.25, 0.3) is 5.76 Å². The number of phenols is 1. The molecule has 3 aromatic carbocycles. The Hall–Kier alpha value is -3.77. The second-order valence-electron chi connectivity index (χ2n) is 6.94. The molecule has 0 radical (unpaired) electrons. The molecule has 1 heterocycles. The number of aliphatic hydroxyl groups excluding tert-OH is 1. The highest BCUT2D eigenvalue weighted by Gasteiger charge is 2.47. The van der Waals surface area contributed by atoms with Crippen LogP contribution in [-0.2, 0) is 9.59 Å². The van der Waals surface area contributed by atoms with Gasteiger partial charge in [0.2, 0.25) is 0 Å². The van der Waals surface area contributed by atoms with E-state index in [9.17, 15) is 19.8 Å². The number of carbonyl (C=O) groups is 2. The maximum absolute atomic E-state index is 13.1. The molecule has 1 unspecified atom stereocenters. The van der Waals surface area contributed by atoms with Crippen molar-refractivity contribution in [2.24, 2.45) is 0 Å². The zero-order chi connectivity index (χ0) is 22.1. The zero-order valence-corrected chi connectivity index (χ0v) is 17.2. The van der Waals surface area contributed by atoms with Gasteiger partial charge in [0, 0.05) is 10.6 Å². The average Bonchev–Trinajstić information content (AvgIpc) is 3.05. The number of methoxy groups -OCH3 is 1. The van der Waals surface area contributed by atoms with Gasteiger partial charge in [0.05, 0.1) is 24.4 Å². The van der Waals surface area contributed by atoms with E-state index in [1.54, 1.807) is 60.7 Å². The number of aromatic hydroxyl groups is 1. The molecule has 7 heteroatoms. The van der Waals surface area contributed by atoms with Crippen LogP contribution in [0, 0.1) is 0 Å². The minimum absolute atomic E-state index is 0.0937. The van der Waals surface area contributed by atoms with Crippen molar-refractivity contribution in [1.29, 1.82) is 0 Å². The molecular formula is C24H18ClNO5. The SMILES string of the molecule is COc1cccc(C2/C(=C(/O)c3ccc(Cl)cc3)C(=O)C(=O)N2c2ccccc2O)c1. The third-order valence-corrected chi connectivity index (χ3v) is 5.36. The summed E-state index contributed by atoms with van der Waals surface area (Å²) in [4.78, 5) is 27.3. The number of carbonyl (C=O) groups excluding carboxylic acids is 2. The number of Topliss-reactive ketones (excluding diaryl/α,β-unsaturated/α-hetero) is 1. The van der Waals surface area contributed by atoms with Gasteiger partial charge in [0.25, 0.3) is 11.7 Å². The number of para-hydroxylation sites is 2. The van der Waals surface area contributed by atoms with E-state index in [1.165, 1.54) is 24.1 Å². The molecule has 1 fully saturated rings. The molecule has 6 nitrogen and oxygen atoms in total. The summed E-state index contributed by atoms with van der Waals surface area (Å²) in [6.07, 6.45) is 0. The summed E-state index contributed by atoms with van der Waals surface area (Å²) in [7, 11) is 1.51. The van der Waals surface area contributed by atoms with E-state index in [2.05, 4.69) is 0 Å². The van der Waals surface area contributed by atoms with E-state index in [0.29, 0.717) is 21.9 Å². The van der Waals surface area contributed by atoms with Crippen molar-refractivity contribution in [1.82, 2.24) is 0 Å². The Kier molecular flexibility index (Phi) is 5.40. The molecule has 0 spiro atoms. The standard InChI is InChI=1S/C24H18ClNO5/c1-31-17-6-4-5-15(13-17)21-20(22(28)14-9-11-16(25)12-10-14)23(29)24(30)26(21)18-7-2-3-8-19(18)27/h2-13,21,27-28H,1H3/b22-20-. The second-order valence-corrected chi connectivity index (χ2v) is 7.38. The molecule has 2 N–H and O–H groups in total. The van der Waals surface area contributed by atoms with Crippen LogP contribution in [0.4, 0.5) is 5.69 Å². The summed E-state index contributed by atoms with van der Waals surface area (Å²) in [5, 5.41) is 21.9. The van der Waals surface area contributed by atoms with Gasteiger partial charge in [0.1, 0.15) is 17.3 Å². The lowest BCUT2D eigenvalue weighted by Gasteiger charge is -2.26. The van der Waals surface area contributed by atoms with Gasteiger partial charge < -0.3 is 14.9 Å². The Morgan fingerprint density at radius 1 is 1.00 bits per heavy atom. The van der Waals surface area contributed by atoms with Crippen LogP contribution < -0.4 is 9.64 Å². The fourth-order valence-electron chi connectivity index (χ4n) is 3.64. The van der Waals surface area contributed by atoms with E-state index in [4.69, 9.17) is 16.3 Å². The predicted octanol–water partition coefficient (Wildman–Crippen LogP) is 4.68. The Bertz CT molecular complexity index is 1200. The van der Waals surface area contributed by atoms with E-state index < -0.39 is 17.7 Å². The highest BCUT2D eigenvalue weighted by atomic mass is 35.5. The van der Waals surface area contributed by atoms with Gasteiger partial charge >= 0.3 is 0 Å². The summed E-state index contributed by atoms with van der Waals surface area (Å²) in [6, 6.07) is 18.4. The molecule has 0 saturated carbocycles. The van der Waals surface area contributed by atoms with Crippen molar-refractivity contribution >= 4 is 34.7 Å². The summed E-state index contributed by atoms with van der Waals surface area (Å²) >= 11 is 5.94. The summed E-state index contributed by atoms with van der Waals surface area (Å²) in [5.41, 5.74) is 0.946. The molecule has 1 aliphatic heterocycles. The van der Waals surface area contributed by atoms with Gasteiger partial charge in [-0.25, -0.2) is 0 Å². The first kappa shape index (κ1) is 20.5. The molecule has 156 valence electrons. The quantitative estimate of drug-likeness (QED) is 0.353. The molecule has 0 aromatic heterocycles. The molecule has 1 saturated heterocycles. The van der Waals surface area contributed by atoms with Gasteiger partial charge in [-0.15, -0.1) is 0 Å². The van der Waals surface area contributed by atoms with Crippen molar-refractivity contribution in [3.05, 3.63) is 94.5 Å². The number of amides is 1. The van der Waals surface area contributed by atoms with E-state index in [0.717, 1.165) is 0 Å². The summed E-state index contributed by atoms with van der Waals surface area (Å²) < 4.78 is 5.30. The second kappa shape index (κ2) is 8.16. The first-order valence-corrected chi connectivity index (χ1v) is 9.79. The van der Waals surface area contributed by atoms with Crippen molar-refractivity contribution < 1.29 is 24.5 Å². The average molecular weight is 436 g/mol. The van der Waals surface area contributed by atoms with Crippen LogP contribution in [0.2, 0.25) is 5.02 Å². The maximum Gasteiger partial charge on any atom is 0.300 e. The van der Waals surface area contributed by atoms with Gasteiger partial charge in [-0.1, -0.05) is 35.9 Å². The lowest BCUT2D eigenvalue weighted by Crippen LogP contribution is -2.29. The Labute approximate surface area is 183 Å². The number of benzene rings is 3. The third-order valence-electron chi connectivity index (χ3n) is 5.11. The number of halogens is 1. The summed E-state index contributed by atoms with van der Waals surface area (Å²) in [6.45, 7) is 0. The minimum atomic E-state index is -0.973. The maximum atomic E-state index is 13.1. The molecular weight excluding hydrogens is 418 g/mol. The molecule has 0 bridgehead atoms. The highest BCUT2D eigenvalue weighted by molar-refractivity contribution is 6.52. The topological polar surface area (TPSA) is 87.1 Å². The smallest absolute Gasteiger partial charge is 0.300 e. The van der Waals surface area contributed by atoms with Crippen LogP contribution >= 0.6 is 11.6 Å². The van der Waals surface area contributed by atoms with Crippen LogP contribution in [0.15, 0.2) is 78.4 Å². The Morgan fingerprint density at radius 3 is 2.39 bits per heavy atom. The van der Waals surface area contributed by atoms with Crippen molar-refractivity contribution in [3.8, 4) is 11.5 Å². The molecule has 1 atom stereocenters. The fourth-order valence-corrected chi connectivity index (χ4v) is 3.77. The number of ether oxygens (including phenoxy) is 1. The van der Waals surface area contributed by atoms with Gasteiger partial charge in [-0.3, -0.25) is 14.5 Å². The number of phenolic OH excluding ortho intramolecular Hbond substituents is 1. The number of nitrogens with zero attached hydrogens (tertiary/aromatic N) is 1. The van der Waals surface area contributed by atoms with Crippen molar-refractivity contribution in [3.63, 3.8) is 0 Å². The number of aliphatic hydroxyl groups is 1. The largest absolute Gasteiger partial charge is 0.507 e. The number of hydrogen-bond acceptors (Lipinski definition) is 5. The minimum Gasteiger partial charge on any atom is -0.507 e. The Balaban J connectivity index is 1.97. The van der Waals surface area contributed by atoms with Gasteiger partial charge in [-0.2, -0.15) is 0 Å². The molecule has 1 aliphatic rings. The number of anilines is 1. The van der Waals surface area contributed by atoms with Crippen LogP contribution in [0.5, 0.6) is 11.5 Å². The molecule has 3 aromatic rings. The normalized spacial score (nSPS) is 17.7. The first-order valence-electron chi connectivity index (χ1n) is 9.41. The van der Waals surface area contributed by atoms with Crippen LogP contribution in [0.3, 0.4) is 0 Å². The molecule has 0 aliphatic carbocycles. The number of hydrogen-bond donors (Lipinski definition) is 2.